The predicted octanol–water partition coefficient (Wildman–Crippen LogP) is 2.02. The normalized spacial score (nSPS) is 32.9. The van der Waals surface area contributed by atoms with Crippen molar-refractivity contribution in [2.45, 2.75) is 51.5 Å². The number of rotatable bonds is 4. The molecular formula is C11H21NO2. The van der Waals surface area contributed by atoms with Gasteiger partial charge >= 0.3 is 5.97 Å². The molecule has 2 N–H and O–H groups in total. The van der Waals surface area contributed by atoms with E-state index in [9.17, 15) is 9.90 Å². The number of carboxylic acid groups (broad SMARTS) is 1. The van der Waals surface area contributed by atoms with Crippen molar-refractivity contribution in [1.82, 2.24) is 5.32 Å². The van der Waals surface area contributed by atoms with Gasteiger partial charge in [-0.05, 0) is 25.3 Å². The molecule has 0 saturated heterocycles. The Bertz CT molecular complexity index is 201. The van der Waals surface area contributed by atoms with Crippen molar-refractivity contribution >= 4 is 5.97 Å². The molecule has 0 spiro atoms. The molecule has 2 unspecified atom stereocenters. The van der Waals surface area contributed by atoms with E-state index in [1.165, 1.54) is 6.42 Å². The number of hydrogen-bond acceptors (Lipinski definition) is 2. The second kappa shape index (κ2) is 4.78. The first-order valence-electron chi connectivity index (χ1n) is 5.63. The minimum Gasteiger partial charge on any atom is -0.480 e. The summed E-state index contributed by atoms with van der Waals surface area (Å²) in [5.74, 6) is -0.0867. The summed E-state index contributed by atoms with van der Waals surface area (Å²) in [6.07, 6.45) is 4.91. The van der Waals surface area contributed by atoms with Crippen LogP contribution in [0.2, 0.25) is 0 Å². The maximum absolute atomic E-state index is 11.3. The molecule has 0 amide bonds. The van der Waals surface area contributed by atoms with Gasteiger partial charge in [-0.1, -0.05) is 33.1 Å². The molecule has 1 fully saturated rings. The summed E-state index contributed by atoms with van der Waals surface area (Å²) in [5.41, 5.74) is -0.631. The molecule has 1 rings (SSSR count). The van der Waals surface area contributed by atoms with Crippen LogP contribution in [0.1, 0.15) is 46.0 Å². The van der Waals surface area contributed by atoms with Crippen LogP contribution in [-0.2, 0) is 4.79 Å². The lowest BCUT2D eigenvalue weighted by atomic mass is 9.74. The van der Waals surface area contributed by atoms with Crippen molar-refractivity contribution < 1.29 is 9.90 Å². The Morgan fingerprint density at radius 3 is 2.79 bits per heavy atom. The van der Waals surface area contributed by atoms with Gasteiger partial charge in [-0.2, -0.15) is 0 Å². The van der Waals surface area contributed by atoms with Crippen molar-refractivity contribution in [2.75, 3.05) is 6.54 Å². The summed E-state index contributed by atoms with van der Waals surface area (Å²) in [6.45, 7) is 4.86. The van der Waals surface area contributed by atoms with Crippen LogP contribution in [0, 0.1) is 5.92 Å². The van der Waals surface area contributed by atoms with Crippen molar-refractivity contribution in [1.29, 1.82) is 0 Å². The Balaban J connectivity index is 2.70. The van der Waals surface area contributed by atoms with Crippen molar-refractivity contribution in [3.63, 3.8) is 0 Å². The van der Waals surface area contributed by atoms with Crippen molar-refractivity contribution in [3.05, 3.63) is 0 Å². The van der Waals surface area contributed by atoms with E-state index in [2.05, 4.69) is 12.2 Å². The topological polar surface area (TPSA) is 49.3 Å². The number of likely N-dealkylation sites (N-methyl/N-ethyl adjacent to an activating group) is 1. The van der Waals surface area contributed by atoms with Crippen LogP contribution in [0.3, 0.4) is 0 Å². The summed E-state index contributed by atoms with van der Waals surface area (Å²) >= 11 is 0. The average Bonchev–Trinajstić information content (AvgIpc) is 2.18. The van der Waals surface area contributed by atoms with Crippen LogP contribution < -0.4 is 5.32 Å². The monoisotopic (exact) mass is 199 g/mol. The van der Waals surface area contributed by atoms with Gasteiger partial charge in [-0.15, -0.1) is 0 Å². The van der Waals surface area contributed by atoms with Gasteiger partial charge in [0.1, 0.15) is 5.54 Å². The van der Waals surface area contributed by atoms with Crippen molar-refractivity contribution in [2.24, 2.45) is 5.92 Å². The minimum atomic E-state index is -0.669. The molecule has 3 heteroatoms. The van der Waals surface area contributed by atoms with Gasteiger partial charge in [0.15, 0.2) is 0 Å². The second-order valence-corrected chi connectivity index (χ2v) is 4.29. The highest BCUT2D eigenvalue weighted by atomic mass is 16.4. The first-order valence-corrected chi connectivity index (χ1v) is 5.63. The number of carbonyl (C=O) groups is 1. The zero-order valence-electron chi connectivity index (χ0n) is 9.18. The molecule has 2 atom stereocenters. The van der Waals surface area contributed by atoms with Crippen molar-refractivity contribution in [3.8, 4) is 0 Å². The van der Waals surface area contributed by atoms with E-state index in [0.717, 1.165) is 32.2 Å². The molecule has 14 heavy (non-hydrogen) atoms. The Hall–Kier alpha value is -0.570. The number of hydrogen-bond donors (Lipinski definition) is 2. The van der Waals surface area contributed by atoms with Crippen LogP contribution in [0.25, 0.3) is 0 Å². The zero-order chi connectivity index (χ0) is 10.6. The standard InChI is InChI=1S/C11H21NO2/c1-3-9-6-5-7-11(8-9,10(13)14)12-4-2/h9,12H,3-8H2,1-2H3,(H,13,14). The molecule has 0 aromatic heterocycles. The number of aliphatic carboxylic acids is 1. The summed E-state index contributed by atoms with van der Waals surface area (Å²) < 4.78 is 0. The highest BCUT2D eigenvalue weighted by Crippen LogP contribution is 2.34. The van der Waals surface area contributed by atoms with E-state index in [1.54, 1.807) is 0 Å². The molecule has 82 valence electrons. The van der Waals surface area contributed by atoms with Gasteiger partial charge in [-0.3, -0.25) is 4.79 Å². The summed E-state index contributed by atoms with van der Waals surface area (Å²) in [4.78, 5) is 11.3. The molecular weight excluding hydrogens is 178 g/mol. The first-order chi connectivity index (χ1) is 6.64. The van der Waals surface area contributed by atoms with Crippen LogP contribution in [0.15, 0.2) is 0 Å². The van der Waals surface area contributed by atoms with Crippen LogP contribution in [-0.4, -0.2) is 23.2 Å². The number of nitrogens with one attached hydrogen (secondary N) is 1. The third-order valence-corrected chi connectivity index (χ3v) is 3.35. The average molecular weight is 199 g/mol. The van der Waals surface area contributed by atoms with Gasteiger partial charge in [0.05, 0.1) is 0 Å². The van der Waals surface area contributed by atoms with E-state index < -0.39 is 11.5 Å². The molecule has 3 nitrogen and oxygen atoms in total. The Morgan fingerprint density at radius 2 is 2.29 bits per heavy atom. The minimum absolute atomic E-state index is 0.582. The quantitative estimate of drug-likeness (QED) is 0.728. The molecule has 1 aliphatic rings. The van der Waals surface area contributed by atoms with E-state index in [1.807, 2.05) is 6.92 Å². The summed E-state index contributed by atoms with van der Waals surface area (Å²) in [5, 5.41) is 12.4. The fraction of sp³-hybridized carbons (Fsp3) is 0.909. The fourth-order valence-corrected chi connectivity index (χ4v) is 2.51. The van der Waals surface area contributed by atoms with Gasteiger partial charge in [-0.25, -0.2) is 0 Å². The van der Waals surface area contributed by atoms with Gasteiger partial charge in [0, 0.05) is 0 Å². The SMILES string of the molecule is CCNC1(C(=O)O)CCCC(CC)C1. The molecule has 0 aromatic rings. The van der Waals surface area contributed by atoms with Gasteiger partial charge in [0.2, 0.25) is 0 Å². The lowest BCUT2D eigenvalue weighted by Crippen LogP contribution is -2.54. The second-order valence-electron chi connectivity index (χ2n) is 4.29. The number of carboxylic acids is 1. The molecule has 0 heterocycles. The third kappa shape index (κ3) is 2.27. The molecule has 1 aliphatic carbocycles. The van der Waals surface area contributed by atoms with Gasteiger partial charge in [0.25, 0.3) is 0 Å². The summed E-state index contributed by atoms with van der Waals surface area (Å²) in [7, 11) is 0. The smallest absolute Gasteiger partial charge is 0.323 e. The predicted molar refractivity (Wildman–Crippen MR) is 56.3 cm³/mol. The van der Waals surface area contributed by atoms with Crippen LogP contribution in [0.4, 0.5) is 0 Å². The Morgan fingerprint density at radius 1 is 1.57 bits per heavy atom. The molecule has 0 aliphatic heterocycles. The lowest BCUT2D eigenvalue weighted by molar-refractivity contribution is -0.147. The highest BCUT2D eigenvalue weighted by Gasteiger charge is 2.41. The van der Waals surface area contributed by atoms with Crippen LogP contribution in [0.5, 0.6) is 0 Å². The molecule has 0 aromatic carbocycles. The first kappa shape index (κ1) is 11.5. The fourth-order valence-electron chi connectivity index (χ4n) is 2.51. The van der Waals surface area contributed by atoms with E-state index in [-0.39, 0.29) is 0 Å². The zero-order valence-corrected chi connectivity index (χ0v) is 9.18. The lowest BCUT2D eigenvalue weighted by Gasteiger charge is -2.38. The van der Waals surface area contributed by atoms with E-state index in [0.29, 0.717) is 5.92 Å². The Kier molecular flexibility index (Phi) is 3.93. The van der Waals surface area contributed by atoms with Crippen LogP contribution >= 0.6 is 0 Å². The summed E-state index contributed by atoms with van der Waals surface area (Å²) in [6, 6.07) is 0. The largest absolute Gasteiger partial charge is 0.480 e. The maximum Gasteiger partial charge on any atom is 0.323 e. The Labute approximate surface area is 85.9 Å². The molecule has 0 radical (unpaired) electrons. The molecule has 0 bridgehead atoms. The van der Waals surface area contributed by atoms with E-state index >= 15 is 0 Å². The molecule has 1 saturated carbocycles. The third-order valence-electron chi connectivity index (χ3n) is 3.35. The maximum atomic E-state index is 11.3. The highest BCUT2D eigenvalue weighted by molar-refractivity contribution is 5.79. The van der Waals surface area contributed by atoms with E-state index in [4.69, 9.17) is 0 Å². The van der Waals surface area contributed by atoms with Gasteiger partial charge < -0.3 is 10.4 Å².